The first-order chi connectivity index (χ1) is 8.43. The average molecular weight is 252 g/mol. The normalized spacial score (nSPS) is 12.6. The molecule has 0 bridgehead atoms. The predicted octanol–water partition coefficient (Wildman–Crippen LogP) is 2.69. The van der Waals surface area contributed by atoms with E-state index in [9.17, 15) is 9.18 Å². The molecule has 0 radical (unpaired) electrons. The van der Waals surface area contributed by atoms with Crippen molar-refractivity contribution in [3.63, 3.8) is 0 Å². The highest BCUT2D eigenvalue weighted by atomic mass is 19.1. The Labute approximate surface area is 108 Å². The van der Waals surface area contributed by atoms with Gasteiger partial charge in [-0.3, -0.25) is 4.79 Å². The lowest BCUT2D eigenvalue weighted by atomic mass is 9.96. The first kappa shape index (κ1) is 14.6. The van der Waals surface area contributed by atoms with Gasteiger partial charge in [0.25, 0.3) is 0 Å². The van der Waals surface area contributed by atoms with Crippen LogP contribution in [0.25, 0.3) is 0 Å². The van der Waals surface area contributed by atoms with Crippen LogP contribution in [0.1, 0.15) is 25.8 Å². The van der Waals surface area contributed by atoms with Crippen molar-refractivity contribution in [3.8, 4) is 0 Å². The van der Waals surface area contributed by atoms with Gasteiger partial charge in [0.15, 0.2) is 0 Å². The summed E-state index contributed by atoms with van der Waals surface area (Å²) >= 11 is 0. The third-order valence-electron chi connectivity index (χ3n) is 2.79. The number of nitrogens with one attached hydrogen (secondary N) is 1. The molecule has 1 unspecified atom stereocenters. The second kappa shape index (κ2) is 6.50. The fourth-order valence-electron chi connectivity index (χ4n) is 1.85. The maximum Gasteiger partial charge on any atom is 0.228 e. The van der Waals surface area contributed by atoms with Gasteiger partial charge in [-0.15, -0.1) is 0 Å². The summed E-state index contributed by atoms with van der Waals surface area (Å²) in [6.45, 7) is 6.19. The van der Waals surface area contributed by atoms with Crippen LogP contribution in [-0.4, -0.2) is 12.5 Å². The molecule has 100 valence electrons. The molecular weight excluding hydrogens is 231 g/mol. The van der Waals surface area contributed by atoms with Crippen molar-refractivity contribution in [3.05, 3.63) is 29.6 Å². The minimum atomic E-state index is -0.422. The van der Waals surface area contributed by atoms with Crippen LogP contribution in [0.2, 0.25) is 0 Å². The second-order valence-corrected chi connectivity index (χ2v) is 5.03. The maximum absolute atomic E-state index is 13.5. The van der Waals surface area contributed by atoms with Gasteiger partial charge in [-0.05, 0) is 37.0 Å². The first-order valence-corrected chi connectivity index (χ1v) is 6.21. The summed E-state index contributed by atoms with van der Waals surface area (Å²) < 4.78 is 13.5. The predicted molar refractivity (Wildman–Crippen MR) is 71.8 cm³/mol. The minimum absolute atomic E-state index is 0.212. The van der Waals surface area contributed by atoms with Crippen LogP contribution in [0.15, 0.2) is 18.2 Å². The van der Waals surface area contributed by atoms with Gasteiger partial charge >= 0.3 is 0 Å². The highest BCUT2D eigenvalue weighted by Crippen LogP contribution is 2.18. The van der Waals surface area contributed by atoms with E-state index in [0.29, 0.717) is 12.3 Å². The molecule has 0 aliphatic carbocycles. The summed E-state index contributed by atoms with van der Waals surface area (Å²) in [6.07, 6.45) is 0.704. The monoisotopic (exact) mass is 252 g/mol. The zero-order chi connectivity index (χ0) is 13.7. The Morgan fingerprint density at radius 2 is 2.11 bits per heavy atom. The summed E-state index contributed by atoms with van der Waals surface area (Å²) in [5.74, 6) is -0.526. The summed E-state index contributed by atoms with van der Waals surface area (Å²) in [6, 6.07) is 4.64. The quantitative estimate of drug-likeness (QED) is 0.846. The average Bonchev–Trinajstić information content (AvgIpc) is 2.30. The molecule has 0 spiro atoms. The van der Waals surface area contributed by atoms with Gasteiger partial charge in [-0.1, -0.05) is 19.9 Å². The Balaban J connectivity index is 2.76. The number of hydrogen-bond acceptors (Lipinski definition) is 2. The van der Waals surface area contributed by atoms with Crippen molar-refractivity contribution in [1.29, 1.82) is 0 Å². The van der Waals surface area contributed by atoms with E-state index >= 15 is 0 Å². The van der Waals surface area contributed by atoms with Crippen molar-refractivity contribution >= 4 is 11.6 Å². The fraction of sp³-hybridized carbons (Fsp3) is 0.500. The summed E-state index contributed by atoms with van der Waals surface area (Å²) in [7, 11) is 0. The number of rotatable bonds is 5. The molecule has 1 aromatic carbocycles. The second-order valence-electron chi connectivity index (χ2n) is 5.03. The maximum atomic E-state index is 13.5. The molecule has 0 aliphatic rings. The molecular formula is C14H21FN2O. The van der Waals surface area contributed by atoms with Crippen molar-refractivity contribution in [1.82, 2.24) is 0 Å². The molecule has 3 nitrogen and oxygen atoms in total. The molecule has 1 atom stereocenters. The highest BCUT2D eigenvalue weighted by molar-refractivity contribution is 5.92. The Bertz CT molecular complexity index is 418. The van der Waals surface area contributed by atoms with E-state index in [2.05, 4.69) is 5.32 Å². The van der Waals surface area contributed by atoms with Crippen molar-refractivity contribution in [2.45, 2.75) is 27.2 Å². The molecule has 18 heavy (non-hydrogen) atoms. The highest BCUT2D eigenvalue weighted by Gasteiger charge is 2.19. The summed E-state index contributed by atoms with van der Waals surface area (Å²) in [4.78, 5) is 12.0. The van der Waals surface area contributed by atoms with Crippen LogP contribution in [-0.2, 0) is 4.79 Å². The van der Waals surface area contributed by atoms with E-state index in [-0.39, 0.29) is 24.1 Å². The van der Waals surface area contributed by atoms with E-state index in [1.165, 1.54) is 6.07 Å². The zero-order valence-corrected chi connectivity index (χ0v) is 11.2. The standard InChI is InChI=1S/C14H21FN2O/c1-9(2)6-11(8-16)14(18)17-13-7-10(3)4-5-12(13)15/h4-5,7,9,11H,6,8,16H2,1-3H3,(H,17,18). The van der Waals surface area contributed by atoms with Gasteiger partial charge in [0.2, 0.25) is 5.91 Å². The van der Waals surface area contributed by atoms with Crippen LogP contribution < -0.4 is 11.1 Å². The fourth-order valence-corrected chi connectivity index (χ4v) is 1.85. The first-order valence-electron chi connectivity index (χ1n) is 6.21. The number of carbonyl (C=O) groups is 1. The number of anilines is 1. The largest absolute Gasteiger partial charge is 0.330 e. The molecule has 0 saturated carbocycles. The number of amides is 1. The van der Waals surface area contributed by atoms with Crippen LogP contribution in [0.3, 0.4) is 0 Å². The number of benzene rings is 1. The van der Waals surface area contributed by atoms with Crippen molar-refractivity contribution < 1.29 is 9.18 Å². The smallest absolute Gasteiger partial charge is 0.228 e. The van der Waals surface area contributed by atoms with Crippen LogP contribution in [0.5, 0.6) is 0 Å². The number of aryl methyl sites for hydroxylation is 1. The minimum Gasteiger partial charge on any atom is -0.330 e. The van der Waals surface area contributed by atoms with Gasteiger partial charge in [0.05, 0.1) is 11.6 Å². The van der Waals surface area contributed by atoms with E-state index in [4.69, 9.17) is 5.73 Å². The third-order valence-corrected chi connectivity index (χ3v) is 2.79. The molecule has 1 rings (SSSR count). The number of carbonyl (C=O) groups excluding carboxylic acids is 1. The number of hydrogen-bond donors (Lipinski definition) is 2. The SMILES string of the molecule is Cc1ccc(F)c(NC(=O)C(CN)CC(C)C)c1. The summed E-state index contributed by atoms with van der Waals surface area (Å²) in [5.41, 5.74) is 6.72. The Morgan fingerprint density at radius 3 is 2.67 bits per heavy atom. The van der Waals surface area contributed by atoms with Gasteiger partial charge in [-0.25, -0.2) is 4.39 Å². The molecule has 3 N–H and O–H groups in total. The lowest BCUT2D eigenvalue weighted by molar-refractivity contribution is -0.120. The topological polar surface area (TPSA) is 55.1 Å². The Kier molecular flexibility index (Phi) is 5.28. The molecule has 0 fully saturated rings. The molecule has 0 aliphatic heterocycles. The van der Waals surface area contributed by atoms with Gasteiger partial charge in [0.1, 0.15) is 5.82 Å². The molecule has 1 aromatic rings. The zero-order valence-electron chi connectivity index (χ0n) is 11.2. The number of nitrogens with two attached hydrogens (primary N) is 1. The van der Waals surface area contributed by atoms with E-state index < -0.39 is 5.82 Å². The Hall–Kier alpha value is -1.42. The van der Waals surface area contributed by atoms with E-state index in [1.807, 2.05) is 20.8 Å². The van der Waals surface area contributed by atoms with Crippen LogP contribution in [0, 0.1) is 24.6 Å². The molecule has 0 saturated heterocycles. The molecule has 0 aromatic heterocycles. The summed E-state index contributed by atoms with van der Waals surface area (Å²) in [5, 5.41) is 2.61. The molecule has 1 amide bonds. The van der Waals surface area contributed by atoms with Gasteiger partial charge in [-0.2, -0.15) is 0 Å². The molecule has 4 heteroatoms. The van der Waals surface area contributed by atoms with Crippen LogP contribution >= 0.6 is 0 Å². The van der Waals surface area contributed by atoms with Gasteiger partial charge in [0, 0.05) is 6.54 Å². The van der Waals surface area contributed by atoms with E-state index in [0.717, 1.165) is 5.56 Å². The third kappa shape index (κ3) is 4.11. The lowest BCUT2D eigenvalue weighted by Crippen LogP contribution is -2.30. The van der Waals surface area contributed by atoms with Crippen LogP contribution in [0.4, 0.5) is 10.1 Å². The Morgan fingerprint density at radius 1 is 1.44 bits per heavy atom. The number of halogens is 1. The van der Waals surface area contributed by atoms with Crippen molar-refractivity contribution in [2.24, 2.45) is 17.6 Å². The van der Waals surface area contributed by atoms with E-state index in [1.54, 1.807) is 12.1 Å². The van der Waals surface area contributed by atoms with Gasteiger partial charge < -0.3 is 11.1 Å². The lowest BCUT2D eigenvalue weighted by Gasteiger charge is -2.17. The van der Waals surface area contributed by atoms with Crippen molar-refractivity contribution in [2.75, 3.05) is 11.9 Å². The molecule has 0 heterocycles.